The number of aromatic carboxylic acids is 1. The Morgan fingerprint density at radius 3 is 2.69 bits per heavy atom. The van der Waals surface area contributed by atoms with E-state index in [0.717, 1.165) is 36.1 Å². The Kier molecular flexibility index (Phi) is 6.13. The summed E-state index contributed by atoms with van der Waals surface area (Å²) >= 11 is 1.36. The van der Waals surface area contributed by atoms with Gasteiger partial charge in [-0.05, 0) is 61.8 Å². The van der Waals surface area contributed by atoms with Crippen LogP contribution >= 0.6 is 11.3 Å². The van der Waals surface area contributed by atoms with Crippen LogP contribution in [-0.2, 0) is 6.42 Å². The number of carboxylic acids is 1. The van der Waals surface area contributed by atoms with Crippen LogP contribution in [0.4, 0.5) is 0 Å². The van der Waals surface area contributed by atoms with E-state index in [1.807, 2.05) is 36.4 Å². The molecular weight excluding hydrogens is 344 g/mol. The van der Waals surface area contributed by atoms with Gasteiger partial charge in [0.15, 0.2) is 0 Å². The van der Waals surface area contributed by atoms with Crippen molar-refractivity contribution in [3.05, 3.63) is 57.8 Å². The van der Waals surface area contributed by atoms with Gasteiger partial charge in [0.1, 0.15) is 4.88 Å². The first-order chi connectivity index (χ1) is 12.5. The van der Waals surface area contributed by atoms with Crippen molar-refractivity contribution in [2.75, 3.05) is 0 Å². The first kappa shape index (κ1) is 18.7. The van der Waals surface area contributed by atoms with E-state index in [1.165, 1.54) is 11.3 Å². The fourth-order valence-electron chi connectivity index (χ4n) is 3.84. The summed E-state index contributed by atoms with van der Waals surface area (Å²) in [6.45, 7) is 2.20. The summed E-state index contributed by atoms with van der Waals surface area (Å²) in [6, 6.07) is 13.5. The fourth-order valence-corrected chi connectivity index (χ4v) is 4.72. The molecule has 1 aromatic heterocycles. The van der Waals surface area contributed by atoms with Gasteiger partial charge in [0.25, 0.3) is 0 Å². The molecule has 26 heavy (non-hydrogen) atoms. The van der Waals surface area contributed by atoms with Crippen molar-refractivity contribution in [3.63, 3.8) is 0 Å². The SMILES string of the molecule is C[C@@H]1CC(O)[C@H](C#Cc2ccccc2)C1CCCc1ccc(C(=O)O)s1. The summed E-state index contributed by atoms with van der Waals surface area (Å²) < 4.78 is 0. The molecule has 3 rings (SSSR count). The van der Waals surface area contributed by atoms with Gasteiger partial charge in [0.05, 0.1) is 6.10 Å². The van der Waals surface area contributed by atoms with Crippen LogP contribution in [0.25, 0.3) is 0 Å². The van der Waals surface area contributed by atoms with E-state index in [0.29, 0.717) is 16.7 Å². The fraction of sp³-hybridized carbons (Fsp3) is 0.409. The van der Waals surface area contributed by atoms with Crippen LogP contribution in [0.2, 0.25) is 0 Å². The molecule has 1 aliphatic carbocycles. The molecule has 136 valence electrons. The van der Waals surface area contributed by atoms with Crippen molar-refractivity contribution in [1.29, 1.82) is 0 Å². The minimum atomic E-state index is -0.856. The third kappa shape index (κ3) is 4.55. The van der Waals surface area contributed by atoms with E-state index in [2.05, 4.69) is 18.8 Å². The van der Waals surface area contributed by atoms with Crippen LogP contribution in [-0.4, -0.2) is 22.3 Å². The van der Waals surface area contributed by atoms with E-state index < -0.39 is 5.97 Å². The average molecular weight is 368 g/mol. The van der Waals surface area contributed by atoms with Gasteiger partial charge in [-0.3, -0.25) is 0 Å². The van der Waals surface area contributed by atoms with Crippen molar-refractivity contribution in [2.24, 2.45) is 17.8 Å². The molecular formula is C22H24O3S. The molecule has 1 fully saturated rings. The minimum Gasteiger partial charge on any atom is -0.477 e. The average Bonchev–Trinajstić information content (AvgIpc) is 3.19. The highest BCUT2D eigenvalue weighted by atomic mass is 32.1. The van der Waals surface area contributed by atoms with Crippen molar-refractivity contribution in [3.8, 4) is 11.8 Å². The Hall–Kier alpha value is -2.09. The van der Waals surface area contributed by atoms with E-state index >= 15 is 0 Å². The van der Waals surface area contributed by atoms with E-state index in [-0.39, 0.29) is 12.0 Å². The van der Waals surface area contributed by atoms with Crippen molar-refractivity contribution < 1.29 is 15.0 Å². The summed E-state index contributed by atoms with van der Waals surface area (Å²) in [6.07, 6.45) is 3.33. The zero-order valence-electron chi connectivity index (χ0n) is 14.9. The third-order valence-electron chi connectivity index (χ3n) is 5.21. The highest BCUT2D eigenvalue weighted by Crippen LogP contribution is 2.40. The number of aliphatic hydroxyl groups excluding tert-OH is 1. The number of rotatable bonds is 5. The Bertz CT molecular complexity index is 800. The molecule has 0 radical (unpaired) electrons. The molecule has 1 heterocycles. The topological polar surface area (TPSA) is 57.5 Å². The summed E-state index contributed by atoms with van der Waals surface area (Å²) in [4.78, 5) is 12.5. The summed E-state index contributed by atoms with van der Waals surface area (Å²) in [7, 11) is 0. The highest BCUT2D eigenvalue weighted by Gasteiger charge is 2.38. The number of aliphatic hydroxyl groups is 1. The molecule has 2 unspecified atom stereocenters. The molecule has 4 atom stereocenters. The van der Waals surface area contributed by atoms with E-state index in [4.69, 9.17) is 5.11 Å². The first-order valence-electron chi connectivity index (χ1n) is 9.11. The van der Waals surface area contributed by atoms with Crippen LogP contribution in [0.15, 0.2) is 42.5 Å². The standard InChI is InChI=1S/C22H24O3S/c1-15-14-20(23)19(12-10-16-6-3-2-4-7-16)18(15)9-5-8-17-11-13-21(26-17)22(24)25/h2-4,6-7,11,13,15,18-20,23H,5,8-9,14H2,1H3,(H,24,25)/t15-,18?,19-,20?/m1/s1. The number of hydrogen-bond donors (Lipinski definition) is 2. The molecule has 2 aromatic rings. The lowest BCUT2D eigenvalue weighted by Crippen LogP contribution is -2.18. The Labute approximate surface area is 158 Å². The maximum atomic E-state index is 11.0. The lowest BCUT2D eigenvalue weighted by atomic mass is 9.85. The van der Waals surface area contributed by atoms with Gasteiger partial charge in [-0.2, -0.15) is 0 Å². The molecule has 0 amide bonds. The maximum Gasteiger partial charge on any atom is 0.345 e. The van der Waals surface area contributed by atoms with Crippen molar-refractivity contribution in [1.82, 2.24) is 0 Å². The van der Waals surface area contributed by atoms with Crippen molar-refractivity contribution in [2.45, 2.75) is 38.7 Å². The van der Waals surface area contributed by atoms with Gasteiger partial charge in [0, 0.05) is 16.4 Å². The van der Waals surface area contributed by atoms with E-state index in [9.17, 15) is 9.90 Å². The first-order valence-corrected chi connectivity index (χ1v) is 9.93. The van der Waals surface area contributed by atoms with Crippen LogP contribution in [0.3, 0.4) is 0 Å². The molecule has 0 spiro atoms. The Morgan fingerprint density at radius 1 is 1.23 bits per heavy atom. The molecule has 2 N–H and O–H groups in total. The second kappa shape index (κ2) is 8.53. The number of thiophene rings is 1. The van der Waals surface area contributed by atoms with Gasteiger partial charge in [-0.1, -0.05) is 37.0 Å². The molecule has 0 saturated heterocycles. The summed E-state index contributed by atoms with van der Waals surface area (Å²) in [5, 5.41) is 19.4. The molecule has 1 aromatic carbocycles. The van der Waals surface area contributed by atoms with Crippen LogP contribution in [0.1, 0.15) is 46.3 Å². The van der Waals surface area contributed by atoms with Gasteiger partial charge in [-0.25, -0.2) is 4.79 Å². The summed E-state index contributed by atoms with van der Waals surface area (Å²) in [5.74, 6) is 6.54. The smallest absolute Gasteiger partial charge is 0.345 e. The van der Waals surface area contributed by atoms with E-state index in [1.54, 1.807) is 6.07 Å². The van der Waals surface area contributed by atoms with Crippen molar-refractivity contribution >= 4 is 17.3 Å². The summed E-state index contributed by atoms with van der Waals surface area (Å²) in [5.41, 5.74) is 0.984. The third-order valence-corrected chi connectivity index (χ3v) is 6.34. The van der Waals surface area contributed by atoms with Gasteiger partial charge in [0.2, 0.25) is 0 Å². The zero-order chi connectivity index (χ0) is 18.5. The number of benzene rings is 1. The van der Waals surface area contributed by atoms with Crippen LogP contribution in [0.5, 0.6) is 0 Å². The Morgan fingerprint density at radius 2 is 2.00 bits per heavy atom. The highest BCUT2D eigenvalue weighted by molar-refractivity contribution is 7.13. The van der Waals surface area contributed by atoms with Gasteiger partial charge in [-0.15, -0.1) is 11.3 Å². The normalized spacial score (nSPS) is 24.8. The van der Waals surface area contributed by atoms with Crippen LogP contribution < -0.4 is 0 Å². The maximum absolute atomic E-state index is 11.0. The second-order valence-electron chi connectivity index (χ2n) is 7.07. The minimum absolute atomic E-state index is 0.0168. The number of carbonyl (C=O) groups is 1. The number of aryl methyl sites for hydroxylation is 1. The molecule has 1 aliphatic rings. The monoisotopic (exact) mass is 368 g/mol. The molecule has 1 saturated carbocycles. The number of carboxylic acid groups (broad SMARTS) is 1. The lowest BCUT2D eigenvalue weighted by Gasteiger charge is -2.19. The molecule has 0 bridgehead atoms. The quantitative estimate of drug-likeness (QED) is 0.767. The second-order valence-corrected chi connectivity index (χ2v) is 8.24. The van der Waals surface area contributed by atoms with Gasteiger partial charge >= 0.3 is 5.97 Å². The largest absolute Gasteiger partial charge is 0.477 e. The molecule has 0 aliphatic heterocycles. The zero-order valence-corrected chi connectivity index (χ0v) is 15.7. The predicted molar refractivity (Wildman–Crippen MR) is 104 cm³/mol. The van der Waals surface area contributed by atoms with Gasteiger partial charge < -0.3 is 10.2 Å². The molecule has 4 heteroatoms. The molecule has 3 nitrogen and oxygen atoms in total. The van der Waals surface area contributed by atoms with Crippen LogP contribution in [0, 0.1) is 29.6 Å². The number of hydrogen-bond acceptors (Lipinski definition) is 3. The lowest BCUT2D eigenvalue weighted by molar-refractivity contribution is 0.0702. The Balaban J connectivity index is 1.61. The predicted octanol–water partition coefficient (Wildman–Crippen LogP) is 4.45.